The van der Waals surface area contributed by atoms with Crippen LogP contribution in [0.15, 0.2) is 12.4 Å². The van der Waals surface area contributed by atoms with Gasteiger partial charge in [-0.1, -0.05) is 0 Å². The van der Waals surface area contributed by atoms with Crippen molar-refractivity contribution in [3.05, 3.63) is 18.0 Å². The minimum absolute atomic E-state index is 0.344. The molecule has 13 heavy (non-hydrogen) atoms. The van der Waals surface area contributed by atoms with E-state index < -0.39 is 0 Å². The fourth-order valence-electron chi connectivity index (χ4n) is 0.892. The lowest BCUT2D eigenvalue weighted by molar-refractivity contribution is 0.0526. The van der Waals surface area contributed by atoms with Crippen LogP contribution >= 0.6 is 11.6 Å². The van der Waals surface area contributed by atoms with Crippen molar-refractivity contribution in [1.82, 2.24) is 9.78 Å². The van der Waals surface area contributed by atoms with Gasteiger partial charge in [0.15, 0.2) is 0 Å². The van der Waals surface area contributed by atoms with Gasteiger partial charge in [-0.25, -0.2) is 4.79 Å². The molecule has 0 unspecified atom stereocenters. The molecule has 0 aliphatic heterocycles. The third kappa shape index (κ3) is 2.73. The number of carbonyl (C=O) groups excluding carboxylic acids is 1. The van der Waals surface area contributed by atoms with Crippen molar-refractivity contribution in [2.75, 3.05) is 12.5 Å². The largest absolute Gasteiger partial charge is 0.462 e. The number of aromatic nitrogens is 2. The van der Waals surface area contributed by atoms with Gasteiger partial charge in [0.05, 0.1) is 24.9 Å². The average molecular weight is 203 g/mol. The molecule has 1 heterocycles. The molecule has 0 aromatic carbocycles. The molecular weight excluding hydrogens is 192 g/mol. The van der Waals surface area contributed by atoms with Gasteiger partial charge in [-0.15, -0.1) is 11.6 Å². The van der Waals surface area contributed by atoms with Crippen molar-refractivity contribution < 1.29 is 9.53 Å². The normalized spacial score (nSPS) is 10.0. The van der Waals surface area contributed by atoms with Crippen molar-refractivity contribution in [1.29, 1.82) is 0 Å². The molecule has 0 radical (unpaired) electrons. The zero-order valence-corrected chi connectivity index (χ0v) is 8.12. The lowest BCUT2D eigenvalue weighted by Gasteiger charge is -1.96. The Bertz CT molecular complexity index is 285. The number of hydrogen-bond donors (Lipinski definition) is 0. The van der Waals surface area contributed by atoms with Gasteiger partial charge in [-0.3, -0.25) is 4.68 Å². The maximum Gasteiger partial charge on any atom is 0.341 e. The van der Waals surface area contributed by atoms with E-state index in [1.165, 1.54) is 6.20 Å². The van der Waals surface area contributed by atoms with Gasteiger partial charge in [-0.05, 0) is 6.92 Å². The Hall–Kier alpha value is -1.03. The van der Waals surface area contributed by atoms with Gasteiger partial charge >= 0.3 is 5.97 Å². The first-order chi connectivity index (χ1) is 6.27. The first kappa shape index (κ1) is 10.1. The minimum atomic E-state index is -0.344. The number of alkyl halides is 1. The van der Waals surface area contributed by atoms with Crippen LogP contribution in [0.4, 0.5) is 0 Å². The van der Waals surface area contributed by atoms with Gasteiger partial charge in [0, 0.05) is 12.1 Å². The van der Waals surface area contributed by atoms with E-state index in [2.05, 4.69) is 5.10 Å². The van der Waals surface area contributed by atoms with E-state index in [0.29, 0.717) is 24.6 Å². The standard InChI is InChI=1S/C8H11ClN2O2/c1-2-13-8(12)7-5-10-11(6-7)4-3-9/h5-6H,2-4H2,1H3. The molecule has 72 valence electrons. The van der Waals surface area contributed by atoms with Gasteiger partial charge in [-0.2, -0.15) is 5.10 Å². The van der Waals surface area contributed by atoms with E-state index in [4.69, 9.17) is 16.3 Å². The molecule has 0 atom stereocenters. The second-order valence-electron chi connectivity index (χ2n) is 2.40. The number of rotatable bonds is 4. The molecule has 0 aliphatic carbocycles. The van der Waals surface area contributed by atoms with E-state index >= 15 is 0 Å². The second-order valence-corrected chi connectivity index (χ2v) is 2.78. The third-order valence-corrected chi connectivity index (χ3v) is 1.63. The van der Waals surface area contributed by atoms with Crippen LogP contribution in [0.25, 0.3) is 0 Å². The smallest absolute Gasteiger partial charge is 0.341 e. The maximum atomic E-state index is 11.2. The number of esters is 1. The fraction of sp³-hybridized carbons (Fsp3) is 0.500. The van der Waals surface area contributed by atoms with Crippen LogP contribution in [0.5, 0.6) is 0 Å². The van der Waals surface area contributed by atoms with Crippen molar-refractivity contribution in [2.45, 2.75) is 13.5 Å². The lowest BCUT2D eigenvalue weighted by atomic mass is 10.4. The van der Waals surface area contributed by atoms with Crippen LogP contribution < -0.4 is 0 Å². The van der Waals surface area contributed by atoms with Gasteiger partial charge in [0.2, 0.25) is 0 Å². The highest BCUT2D eigenvalue weighted by molar-refractivity contribution is 6.17. The second kappa shape index (κ2) is 4.87. The number of ether oxygens (including phenoxy) is 1. The topological polar surface area (TPSA) is 44.1 Å². The molecule has 0 N–H and O–H groups in total. The quantitative estimate of drug-likeness (QED) is 0.546. The first-order valence-corrected chi connectivity index (χ1v) is 4.57. The summed E-state index contributed by atoms with van der Waals surface area (Å²) < 4.78 is 6.40. The molecular formula is C8H11ClN2O2. The molecule has 1 rings (SSSR count). The minimum Gasteiger partial charge on any atom is -0.462 e. The summed E-state index contributed by atoms with van der Waals surface area (Å²) >= 11 is 5.51. The summed E-state index contributed by atoms with van der Waals surface area (Å²) in [5.74, 6) is 0.132. The lowest BCUT2D eigenvalue weighted by Crippen LogP contribution is -2.03. The molecule has 0 fully saturated rings. The van der Waals surface area contributed by atoms with E-state index in [9.17, 15) is 4.79 Å². The molecule has 1 aromatic rings. The van der Waals surface area contributed by atoms with Gasteiger partial charge in [0.25, 0.3) is 0 Å². The van der Waals surface area contributed by atoms with Crippen LogP contribution in [0.2, 0.25) is 0 Å². The van der Waals surface area contributed by atoms with E-state index in [-0.39, 0.29) is 5.97 Å². The van der Waals surface area contributed by atoms with Crippen molar-refractivity contribution in [3.63, 3.8) is 0 Å². The molecule has 0 amide bonds. The molecule has 0 saturated carbocycles. The summed E-state index contributed by atoms with van der Waals surface area (Å²) in [6.07, 6.45) is 3.10. The van der Waals surface area contributed by atoms with E-state index in [1.807, 2.05) is 0 Å². The fourth-order valence-corrected chi connectivity index (χ4v) is 1.07. The van der Waals surface area contributed by atoms with Crippen molar-refractivity contribution >= 4 is 17.6 Å². The Morgan fingerprint density at radius 2 is 2.54 bits per heavy atom. The summed E-state index contributed by atoms with van der Waals surface area (Å²) in [7, 11) is 0. The number of hydrogen-bond acceptors (Lipinski definition) is 3. The average Bonchev–Trinajstić information content (AvgIpc) is 2.54. The highest BCUT2D eigenvalue weighted by atomic mass is 35.5. The Labute approximate surface area is 81.4 Å². The number of nitrogens with zero attached hydrogens (tertiary/aromatic N) is 2. The Morgan fingerprint density at radius 3 is 3.15 bits per heavy atom. The van der Waals surface area contributed by atoms with Crippen molar-refractivity contribution in [3.8, 4) is 0 Å². The third-order valence-electron chi connectivity index (χ3n) is 1.46. The first-order valence-electron chi connectivity index (χ1n) is 4.03. The predicted octanol–water partition coefficient (Wildman–Crippen LogP) is 1.30. The molecule has 0 saturated heterocycles. The Morgan fingerprint density at radius 1 is 1.77 bits per heavy atom. The highest BCUT2D eigenvalue weighted by Crippen LogP contribution is 2.00. The molecule has 0 aliphatic rings. The molecule has 1 aromatic heterocycles. The molecule has 0 spiro atoms. The molecule has 4 nitrogen and oxygen atoms in total. The molecule has 5 heteroatoms. The van der Waals surface area contributed by atoms with E-state index in [0.717, 1.165) is 0 Å². The highest BCUT2D eigenvalue weighted by Gasteiger charge is 2.08. The summed E-state index contributed by atoms with van der Waals surface area (Å²) in [5, 5.41) is 3.94. The SMILES string of the molecule is CCOC(=O)c1cnn(CCCl)c1. The van der Waals surface area contributed by atoms with Crippen LogP contribution in [0.1, 0.15) is 17.3 Å². The van der Waals surface area contributed by atoms with Gasteiger partial charge < -0.3 is 4.74 Å². The maximum absolute atomic E-state index is 11.2. The van der Waals surface area contributed by atoms with Crippen molar-refractivity contribution in [2.24, 2.45) is 0 Å². The monoisotopic (exact) mass is 202 g/mol. The summed E-state index contributed by atoms with van der Waals surface area (Å²) in [6.45, 7) is 2.74. The van der Waals surface area contributed by atoms with Crippen LogP contribution in [0, 0.1) is 0 Å². The Balaban J connectivity index is 2.62. The van der Waals surface area contributed by atoms with Crippen LogP contribution in [0.3, 0.4) is 0 Å². The Kier molecular flexibility index (Phi) is 3.76. The number of aryl methyl sites for hydroxylation is 1. The van der Waals surface area contributed by atoms with Crippen LogP contribution in [-0.4, -0.2) is 28.2 Å². The van der Waals surface area contributed by atoms with E-state index in [1.54, 1.807) is 17.8 Å². The van der Waals surface area contributed by atoms with Crippen LogP contribution in [-0.2, 0) is 11.3 Å². The number of halogens is 1. The zero-order chi connectivity index (χ0) is 9.68. The van der Waals surface area contributed by atoms with Gasteiger partial charge in [0.1, 0.15) is 0 Å². The number of carbonyl (C=O) groups is 1. The zero-order valence-electron chi connectivity index (χ0n) is 7.36. The molecule has 0 bridgehead atoms. The predicted molar refractivity (Wildman–Crippen MR) is 48.9 cm³/mol. The summed E-state index contributed by atoms with van der Waals surface area (Å²) in [6, 6.07) is 0. The summed E-state index contributed by atoms with van der Waals surface area (Å²) in [4.78, 5) is 11.2. The summed E-state index contributed by atoms with van der Waals surface area (Å²) in [5.41, 5.74) is 0.465.